The molecule has 1 aliphatic rings. The van der Waals surface area contributed by atoms with E-state index in [9.17, 15) is 0 Å². The fraction of sp³-hybridized carbons (Fsp3) is 0.444. The van der Waals surface area contributed by atoms with E-state index < -0.39 is 0 Å². The number of hydrogen-bond acceptors (Lipinski definition) is 3. The predicted molar refractivity (Wildman–Crippen MR) is 89.5 cm³/mol. The molecular formula is C18H24N4. The summed E-state index contributed by atoms with van der Waals surface area (Å²) in [6, 6.07) is 10.6. The Morgan fingerprint density at radius 1 is 1.23 bits per heavy atom. The number of aromatic nitrogens is 3. The van der Waals surface area contributed by atoms with E-state index >= 15 is 0 Å². The van der Waals surface area contributed by atoms with Gasteiger partial charge in [0.1, 0.15) is 12.2 Å². The van der Waals surface area contributed by atoms with Crippen molar-refractivity contribution in [3.05, 3.63) is 53.6 Å². The van der Waals surface area contributed by atoms with Crippen molar-refractivity contribution in [2.75, 3.05) is 19.6 Å². The first kappa shape index (κ1) is 15.0. The van der Waals surface area contributed by atoms with Gasteiger partial charge < -0.3 is 4.57 Å². The maximum Gasteiger partial charge on any atom is 0.135 e. The number of nitrogens with zero attached hydrogens (tertiary/aromatic N) is 4. The lowest BCUT2D eigenvalue weighted by Gasteiger charge is -2.31. The quantitative estimate of drug-likeness (QED) is 0.869. The summed E-state index contributed by atoms with van der Waals surface area (Å²) in [5.41, 5.74) is 2.71. The summed E-state index contributed by atoms with van der Waals surface area (Å²) in [6.45, 7) is 5.55. The van der Waals surface area contributed by atoms with Crippen molar-refractivity contribution in [1.82, 2.24) is 19.7 Å². The molecule has 0 aliphatic carbocycles. The Bertz CT molecular complexity index is 622. The van der Waals surface area contributed by atoms with Crippen LogP contribution in [0, 0.1) is 0 Å². The third-order valence-electron chi connectivity index (χ3n) is 4.38. The van der Waals surface area contributed by atoms with Crippen molar-refractivity contribution in [3.8, 4) is 0 Å². The molecule has 1 aliphatic heterocycles. The van der Waals surface area contributed by atoms with E-state index in [1.165, 1.54) is 24.0 Å². The molecule has 4 heteroatoms. The summed E-state index contributed by atoms with van der Waals surface area (Å²) in [6.07, 6.45) is 6.43. The molecule has 2 heterocycles. The molecule has 0 N–H and O–H groups in total. The van der Waals surface area contributed by atoms with Crippen LogP contribution in [0.4, 0.5) is 0 Å². The normalized spacial score (nSPS) is 17.8. The van der Waals surface area contributed by atoms with Gasteiger partial charge in [0.05, 0.1) is 0 Å². The molecule has 0 unspecified atom stereocenters. The van der Waals surface area contributed by atoms with Crippen LogP contribution >= 0.6 is 0 Å². The van der Waals surface area contributed by atoms with E-state index in [1.54, 1.807) is 6.33 Å². The monoisotopic (exact) mass is 296 g/mol. The minimum Gasteiger partial charge on any atom is -0.320 e. The van der Waals surface area contributed by atoms with E-state index in [2.05, 4.69) is 63.0 Å². The summed E-state index contributed by atoms with van der Waals surface area (Å²) in [7, 11) is 2.04. The Morgan fingerprint density at radius 3 is 2.59 bits per heavy atom. The van der Waals surface area contributed by atoms with Crippen molar-refractivity contribution >= 4 is 6.08 Å². The number of aryl methyl sites for hydroxylation is 1. The van der Waals surface area contributed by atoms with Gasteiger partial charge in [-0.3, -0.25) is 4.90 Å². The van der Waals surface area contributed by atoms with Crippen LogP contribution in [0.25, 0.3) is 6.08 Å². The van der Waals surface area contributed by atoms with Crippen LogP contribution in [0.15, 0.2) is 42.2 Å². The predicted octanol–water partition coefficient (Wildman–Crippen LogP) is 3.10. The molecule has 2 aromatic rings. The third kappa shape index (κ3) is 3.63. The summed E-state index contributed by atoms with van der Waals surface area (Å²) in [5, 5.41) is 8.27. The molecule has 0 atom stereocenters. The van der Waals surface area contributed by atoms with Gasteiger partial charge in [0.25, 0.3) is 0 Å². The van der Waals surface area contributed by atoms with E-state index in [-0.39, 0.29) is 0 Å². The number of benzene rings is 1. The van der Waals surface area contributed by atoms with Crippen molar-refractivity contribution in [1.29, 1.82) is 0 Å². The van der Waals surface area contributed by atoms with Crippen LogP contribution in [-0.4, -0.2) is 39.3 Å². The molecule has 1 fully saturated rings. The topological polar surface area (TPSA) is 34.0 Å². The van der Waals surface area contributed by atoms with Crippen molar-refractivity contribution < 1.29 is 0 Å². The lowest BCUT2D eigenvalue weighted by molar-refractivity contribution is 0.223. The molecule has 0 amide bonds. The summed E-state index contributed by atoms with van der Waals surface area (Å²) >= 11 is 0. The lowest BCUT2D eigenvalue weighted by atomic mass is 9.95. The molecule has 116 valence electrons. The molecule has 0 radical (unpaired) electrons. The first-order valence-electron chi connectivity index (χ1n) is 8.01. The van der Waals surface area contributed by atoms with E-state index in [0.29, 0.717) is 5.92 Å². The van der Waals surface area contributed by atoms with Crippen LogP contribution in [0.3, 0.4) is 0 Å². The van der Waals surface area contributed by atoms with Gasteiger partial charge in [0, 0.05) is 19.5 Å². The van der Waals surface area contributed by atoms with E-state index in [4.69, 9.17) is 0 Å². The molecule has 1 aromatic heterocycles. The smallest absolute Gasteiger partial charge is 0.135 e. The second-order valence-electron chi connectivity index (χ2n) is 6.25. The van der Waals surface area contributed by atoms with Gasteiger partial charge in [0.15, 0.2) is 0 Å². The fourth-order valence-electron chi connectivity index (χ4n) is 3.24. The highest BCUT2D eigenvalue weighted by molar-refractivity contribution is 5.52. The summed E-state index contributed by atoms with van der Waals surface area (Å²) in [5.74, 6) is 1.69. The number of likely N-dealkylation sites (tertiary alicyclic amines) is 1. The zero-order valence-electron chi connectivity index (χ0n) is 13.4. The average Bonchev–Trinajstić information content (AvgIpc) is 2.95. The highest BCUT2D eigenvalue weighted by Gasteiger charge is 2.23. The fourth-order valence-corrected chi connectivity index (χ4v) is 3.24. The molecule has 1 aromatic carbocycles. The Hall–Kier alpha value is -1.94. The standard InChI is InChI=1S/C18H24N4/c1-15(12-16-6-4-3-5-7-16)13-22-10-8-17(9-11-22)18-20-19-14-21(18)2/h3-7,12,14,17H,8-11,13H2,1-2H3/b15-12+. The first-order valence-corrected chi connectivity index (χ1v) is 8.01. The van der Waals surface area contributed by atoms with Gasteiger partial charge >= 0.3 is 0 Å². The van der Waals surface area contributed by atoms with Gasteiger partial charge in [-0.15, -0.1) is 10.2 Å². The van der Waals surface area contributed by atoms with Crippen LogP contribution in [0.2, 0.25) is 0 Å². The number of rotatable bonds is 4. The van der Waals surface area contributed by atoms with Crippen molar-refractivity contribution in [2.45, 2.75) is 25.7 Å². The van der Waals surface area contributed by atoms with Crippen molar-refractivity contribution in [3.63, 3.8) is 0 Å². The highest BCUT2D eigenvalue weighted by Crippen LogP contribution is 2.26. The molecule has 4 nitrogen and oxygen atoms in total. The second-order valence-corrected chi connectivity index (χ2v) is 6.25. The average molecular weight is 296 g/mol. The maximum absolute atomic E-state index is 4.26. The van der Waals surface area contributed by atoms with Gasteiger partial charge in [-0.1, -0.05) is 42.0 Å². The van der Waals surface area contributed by atoms with E-state index in [0.717, 1.165) is 25.5 Å². The zero-order chi connectivity index (χ0) is 15.4. The Kier molecular flexibility index (Phi) is 4.68. The SMILES string of the molecule is C/C(=C\c1ccccc1)CN1CCC(c2nncn2C)CC1. The Balaban J connectivity index is 1.54. The summed E-state index contributed by atoms with van der Waals surface area (Å²) in [4.78, 5) is 2.54. The lowest BCUT2D eigenvalue weighted by Crippen LogP contribution is -2.34. The Morgan fingerprint density at radius 2 is 1.95 bits per heavy atom. The van der Waals surface area contributed by atoms with Crippen LogP contribution in [0.1, 0.15) is 37.1 Å². The minimum atomic E-state index is 0.558. The van der Waals surface area contributed by atoms with Crippen LogP contribution < -0.4 is 0 Å². The molecule has 3 rings (SSSR count). The van der Waals surface area contributed by atoms with Gasteiger partial charge in [-0.2, -0.15) is 0 Å². The Labute approximate surface area is 132 Å². The third-order valence-corrected chi connectivity index (χ3v) is 4.38. The molecule has 1 saturated heterocycles. The van der Waals surface area contributed by atoms with E-state index in [1.807, 2.05) is 7.05 Å². The second kappa shape index (κ2) is 6.88. The van der Waals surface area contributed by atoms with Gasteiger partial charge in [0.2, 0.25) is 0 Å². The summed E-state index contributed by atoms with van der Waals surface area (Å²) < 4.78 is 2.06. The largest absolute Gasteiger partial charge is 0.320 e. The minimum absolute atomic E-state index is 0.558. The number of hydrogen-bond donors (Lipinski definition) is 0. The van der Waals surface area contributed by atoms with Crippen molar-refractivity contribution in [2.24, 2.45) is 7.05 Å². The van der Waals surface area contributed by atoms with Crippen LogP contribution in [-0.2, 0) is 7.05 Å². The number of piperidine rings is 1. The highest BCUT2D eigenvalue weighted by atomic mass is 15.3. The first-order chi connectivity index (χ1) is 10.7. The molecular weight excluding hydrogens is 272 g/mol. The zero-order valence-corrected chi connectivity index (χ0v) is 13.4. The maximum atomic E-state index is 4.26. The molecule has 0 spiro atoms. The van der Waals surface area contributed by atoms with Gasteiger partial charge in [-0.05, 0) is 38.4 Å². The molecule has 22 heavy (non-hydrogen) atoms. The van der Waals surface area contributed by atoms with Gasteiger partial charge in [-0.25, -0.2) is 0 Å². The van der Waals surface area contributed by atoms with Crippen LogP contribution in [0.5, 0.6) is 0 Å². The molecule has 0 bridgehead atoms. The molecule has 0 saturated carbocycles.